The van der Waals surface area contributed by atoms with Crippen LogP contribution in [0.4, 0.5) is 0 Å². The van der Waals surface area contributed by atoms with Gasteiger partial charge in [-0.05, 0) is 36.6 Å². The highest BCUT2D eigenvalue weighted by molar-refractivity contribution is 5.60. The molecule has 0 atom stereocenters. The first-order valence-corrected chi connectivity index (χ1v) is 9.57. The van der Waals surface area contributed by atoms with E-state index in [1.165, 1.54) is 5.56 Å². The minimum Gasteiger partial charge on any atom is -0.497 e. The maximum absolute atomic E-state index is 11.0. The van der Waals surface area contributed by atoms with Gasteiger partial charge in [-0.3, -0.25) is 9.88 Å². The molecule has 4 rings (SSSR count). The molecule has 2 aromatic heterocycles. The minimum absolute atomic E-state index is 0.477. The topological polar surface area (TPSA) is 71.6 Å². The molecule has 0 saturated carbocycles. The zero-order chi connectivity index (χ0) is 19.4. The van der Waals surface area contributed by atoms with Crippen molar-refractivity contribution in [2.45, 2.75) is 31.4 Å². The summed E-state index contributed by atoms with van der Waals surface area (Å²) in [6.07, 6.45) is 5.58. The molecule has 0 spiro atoms. The number of nitrogens with zero attached hydrogens (tertiary/aromatic N) is 3. The van der Waals surface area contributed by atoms with Crippen molar-refractivity contribution in [1.82, 2.24) is 15.0 Å². The average Bonchev–Trinajstić information content (AvgIpc) is 3.19. The van der Waals surface area contributed by atoms with Crippen LogP contribution in [-0.2, 0) is 13.0 Å². The number of pyridine rings is 1. The number of methoxy groups -OCH3 is 1. The second-order valence-electron chi connectivity index (χ2n) is 7.45. The summed E-state index contributed by atoms with van der Waals surface area (Å²) in [5, 5.41) is 15.2. The Labute approximate surface area is 164 Å². The molecule has 3 aromatic rings. The number of piperidine rings is 1. The third kappa shape index (κ3) is 4.40. The van der Waals surface area contributed by atoms with Crippen molar-refractivity contribution in [3.05, 3.63) is 66.2 Å². The summed E-state index contributed by atoms with van der Waals surface area (Å²) in [7, 11) is 1.64. The number of benzene rings is 1. The fourth-order valence-electron chi connectivity index (χ4n) is 3.69. The third-order valence-electron chi connectivity index (χ3n) is 5.34. The fourth-order valence-corrected chi connectivity index (χ4v) is 3.69. The van der Waals surface area contributed by atoms with Gasteiger partial charge in [-0.25, -0.2) is 0 Å². The Hall–Kier alpha value is -2.70. The van der Waals surface area contributed by atoms with Crippen LogP contribution in [0.2, 0.25) is 0 Å². The van der Waals surface area contributed by atoms with E-state index in [0.29, 0.717) is 25.0 Å². The van der Waals surface area contributed by atoms with Crippen LogP contribution in [0, 0.1) is 0 Å². The Balaban J connectivity index is 1.36. The van der Waals surface area contributed by atoms with Crippen LogP contribution in [0.3, 0.4) is 0 Å². The monoisotopic (exact) mass is 379 g/mol. The van der Waals surface area contributed by atoms with Crippen LogP contribution in [0.15, 0.2) is 59.4 Å². The summed E-state index contributed by atoms with van der Waals surface area (Å²) in [6, 6.07) is 13.7. The predicted octanol–water partition coefficient (Wildman–Crippen LogP) is 3.31. The Morgan fingerprint density at radius 3 is 2.79 bits per heavy atom. The van der Waals surface area contributed by atoms with Crippen LogP contribution >= 0.6 is 0 Å². The van der Waals surface area contributed by atoms with Gasteiger partial charge in [0.25, 0.3) is 0 Å². The molecular formula is C22H25N3O3. The standard InChI is InChI=1S/C22H25N3O3/c1-27-19-6-2-5-18(12-19)21-13-20(28-24-21)14-22(26)7-10-25(11-8-22)16-17-4-3-9-23-15-17/h2-6,9,12-13,15,26H,7-8,10-11,14,16H2,1H3. The number of hydrogen-bond donors (Lipinski definition) is 1. The second kappa shape index (κ2) is 8.12. The first-order valence-electron chi connectivity index (χ1n) is 9.57. The fraction of sp³-hybridized carbons (Fsp3) is 0.364. The number of aromatic nitrogens is 2. The van der Waals surface area contributed by atoms with Gasteiger partial charge in [-0.2, -0.15) is 0 Å². The van der Waals surface area contributed by atoms with E-state index in [9.17, 15) is 5.11 Å². The first-order chi connectivity index (χ1) is 13.6. The Bertz CT molecular complexity index is 902. The number of hydrogen-bond acceptors (Lipinski definition) is 6. The highest BCUT2D eigenvalue weighted by atomic mass is 16.5. The van der Waals surface area contributed by atoms with Crippen LogP contribution < -0.4 is 4.74 Å². The molecule has 6 heteroatoms. The summed E-state index contributed by atoms with van der Waals surface area (Å²) in [5.41, 5.74) is 2.14. The maximum Gasteiger partial charge on any atom is 0.140 e. The highest BCUT2D eigenvalue weighted by Crippen LogP contribution is 2.29. The SMILES string of the molecule is COc1cccc(-c2cc(CC3(O)CCN(Cc4cccnc4)CC3)on2)c1. The number of likely N-dealkylation sites (tertiary alicyclic amines) is 1. The van der Waals surface area contributed by atoms with Gasteiger partial charge >= 0.3 is 0 Å². The Morgan fingerprint density at radius 2 is 2.04 bits per heavy atom. The number of aliphatic hydroxyl groups is 1. The van der Waals surface area contributed by atoms with E-state index in [0.717, 1.165) is 36.6 Å². The molecule has 0 unspecified atom stereocenters. The van der Waals surface area contributed by atoms with Crippen LogP contribution in [0.1, 0.15) is 24.2 Å². The molecule has 0 radical (unpaired) electrons. The molecule has 6 nitrogen and oxygen atoms in total. The van der Waals surface area contributed by atoms with Gasteiger partial charge < -0.3 is 14.4 Å². The molecular weight excluding hydrogens is 354 g/mol. The molecule has 1 aromatic carbocycles. The molecule has 3 heterocycles. The molecule has 146 valence electrons. The highest BCUT2D eigenvalue weighted by Gasteiger charge is 2.33. The molecule has 0 amide bonds. The van der Waals surface area contributed by atoms with E-state index in [1.54, 1.807) is 13.3 Å². The molecule has 1 saturated heterocycles. The lowest BCUT2D eigenvalue weighted by molar-refractivity contribution is -0.0265. The van der Waals surface area contributed by atoms with E-state index >= 15 is 0 Å². The van der Waals surface area contributed by atoms with Crippen molar-refractivity contribution in [1.29, 1.82) is 0 Å². The Morgan fingerprint density at radius 1 is 1.18 bits per heavy atom. The van der Waals surface area contributed by atoms with Gasteiger partial charge in [-0.1, -0.05) is 23.4 Å². The summed E-state index contributed by atoms with van der Waals surface area (Å²) in [6.45, 7) is 2.57. The Kier molecular flexibility index (Phi) is 5.41. The van der Waals surface area contributed by atoms with E-state index < -0.39 is 5.60 Å². The molecule has 1 aliphatic heterocycles. The van der Waals surface area contributed by atoms with E-state index in [1.807, 2.05) is 42.6 Å². The zero-order valence-electron chi connectivity index (χ0n) is 16.0. The van der Waals surface area contributed by atoms with Gasteiger partial charge in [0.2, 0.25) is 0 Å². The lowest BCUT2D eigenvalue weighted by Gasteiger charge is -2.37. The molecule has 28 heavy (non-hydrogen) atoms. The van der Waals surface area contributed by atoms with Gasteiger partial charge in [0, 0.05) is 50.1 Å². The van der Waals surface area contributed by atoms with Crippen molar-refractivity contribution in [3.63, 3.8) is 0 Å². The summed E-state index contributed by atoms with van der Waals surface area (Å²) in [4.78, 5) is 6.52. The lowest BCUT2D eigenvalue weighted by Crippen LogP contribution is -2.45. The van der Waals surface area contributed by atoms with E-state index in [4.69, 9.17) is 9.26 Å². The van der Waals surface area contributed by atoms with Crippen LogP contribution in [-0.4, -0.2) is 45.9 Å². The van der Waals surface area contributed by atoms with Crippen molar-refractivity contribution < 1.29 is 14.4 Å². The number of rotatable bonds is 6. The molecule has 1 aliphatic rings. The first kappa shape index (κ1) is 18.7. The average molecular weight is 379 g/mol. The minimum atomic E-state index is -0.753. The van der Waals surface area contributed by atoms with Gasteiger partial charge in [0.1, 0.15) is 17.2 Å². The lowest BCUT2D eigenvalue weighted by atomic mass is 9.87. The van der Waals surface area contributed by atoms with Crippen LogP contribution in [0.25, 0.3) is 11.3 Å². The van der Waals surface area contributed by atoms with Gasteiger partial charge in [0.15, 0.2) is 0 Å². The summed E-state index contributed by atoms with van der Waals surface area (Å²) >= 11 is 0. The quantitative estimate of drug-likeness (QED) is 0.708. The van der Waals surface area contributed by atoms with E-state index in [-0.39, 0.29) is 0 Å². The largest absolute Gasteiger partial charge is 0.497 e. The van der Waals surface area contributed by atoms with Crippen molar-refractivity contribution in [2.24, 2.45) is 0 Å². The van der Waals surface area contributed by atoms with Crippen LogP contribution in [0.5, 0.6) is 5.75 Å². The molecule has 0 bridgehead atoms. The van der Waals surface area contributed by atoms with Gasteiger partial charge in [0.05, 0.1) is 12.7 Å². The van der Waals surface area contributed by atoms with Crippen molar-refractivity contribution in [2.75, 3.05) is 20.2 Å². The van der Waals surface area contributed by atoms with Crippen molar-refractivity contribution in [3.8, 4) is 17.0 Å². The third-order valence-corrected chi connectivity index (χ3v) is 5.34. The zero-order valence-corrected chi connectivity index (χ0v) is 16.0. The second-order valence-corrected chi connectivity index (χ2v) is 7.45. The molecule has 0 aliphatic carbocycles. The van der Waals surface area contributed by atoms with Crippen molar-refractivity contribution >= 4 is 0 Å². The molecule has 1 fully saturated rings. The summed E-state index contributed by atoms with van der Waals surface area (Å²) in [5.74, 6) is 1.49. The van der Waals surface area contributed by atoms with E-state index in [2.05, 4.69) is 21.1 Å². The number of ether oxygens (including phenoxy) is 1. The normalized spacial score (nSPS) is 16.8. The van der Waals surface area contributed by atoms with Gasteiger partial charge in [-0.15, -0.1) is 0 Å². The maximum atomic E-state index is 11.0. The molecule has 1 N–H and O–H groups in total. The smallest absolute Gasteiger partial charge is 0.140 e. The summed E-state index contributed by atoms with van der Waals surface area (Å²) < 4.78 is 10.8. The predicted molar refractivity (Wildman–Crippen MR) is 106 cm³/mol.